The Labute approximate surface area is 181 Å². The molecule has 0 radical (unpaired) electrons. The summed E-state index contributed by atoms with van der Waals surface area (Å²) in [4.78, 5) is 23.3. The van der Waals surface area contributed by atoms with Gasteiger partial charge in [0.25, 0.3) is 5.91 Å². The largest absolute Gasteiger partial charge is 0.471 e. The van der Waals surface area contributed by atoms with Crippen molar-refractivity contribution < 1.29 is 27.2 Å². The zero-order chi connectivity index (χ0) is 22.6. The Kier molecular flexibility index (Phi) is 6.66. The number of benzene rings is 2. The van der Waals surface area contributed by atoms with E-state index in [2.05, 4.69) is 15.5 Å². The molecular weight excluding hydrogens is 460 g/mol. The number of amides is 2. The van der Waals surface area contributed by atoms with Crippen LogP contribution in [0.4, 0.5) is 28.9 Å². The number of hydrogen-bond acceptors (Lipinski definition) is 5. The van der Waals surface area contributed by atoms with Crippen molar-refractivity contribution in [3.05, 3.63) is 69.9 Å². The smallest absolute Gasteiger partial charge is 0.320 e. The van der Waals surface area contributed by atoms with E-state index in [1.807, 2.05) is 0 Å². The minimum atomic E-state index is -5.01. The average molecular weight is 471 g/mol. The Morgan fingerprint density at radius 2 is 1.65 bits per heavy atom. The summed E-state index contributed by atoms with van der Waals surface area (Å²) in [6.07, 6.45) is -3.62. The van der Waals surface area contributed by atoms with Crippen LogP contribution in [-0.4, -0.2) is 28.2 Å². The Morgan fingerprint density at radius 1 is 0.968 bits per heavy atom. The van der Waals surface area contributed by atoms with Crippen LogP contribution in [0.3, 0.4) is 0 Å². The van der Waals surface area contributed by atoms with Gasteiger partial charge in [0.05, 0.1) is 5.03 Å². The maximum absolute atomic E-state index is 12.9. The number of carbonyl (C=O) groups is 2. The quantitative estimate of drug-likeness (QED) is 0.504. The summed E-state index contributed by atoms with van der Waals surface area (Å²) in [5, 5.41) is 12.1. The summed E-state index contributed by atoms with van der Waals surface area (Å²) < 4.78 is 50.1. The number of aromatic nitrogens is 2. The molecule has 3 aromatic rings. The number of anilines is 2. The van der Waals surface area contributed by atoms with Crippen LogP contribution in [0.15, 0.2) is 48.5 Å². The van der Waals surface area contributed by atoms with Gasteiger partial charge in [-0.15, -0.1) is 10.2 Å². The molecule has 2 amide bonds. The summed E-state index contributed by atoms with van der Waals surface area (Å²) in [7, 11) is 0. The topological polar surface area (TPSA) is 84.0 Å². The number of halogens is 5. The van der Waals surface area contributed by atoms with E-state index in [9.17, 15) is 27.2 Å². The van der Waals surface area contributed by atoms with Gasteiger partial charge in [-0.25, -0.2) is 4.39 Å². The molecule has 31 heavy (non-hydrogen) atoms. The van der Waals surface area contributed by atoms with Gasteiger partial charge in [0.1, 0.15) is 5.82 Å². The van der Waals surface area contributed by atoms with Gasteiger partial charge in [-0.05, 0) is 48.0 Å². The molecule has 2 aromatic carbocycles. The lowest BCUT2D eigenvalue weighted by Gasteiger charge is -2.08. The molecule has 12 heteroatoms. The van der Waals surface area contributed by atoms with Gasteiger partial charge in [-0.1, -0.05) is 35.1 Å². The molecule has 1 aromatic heterocycles. The molecule has 0 saturated carbocycles. The molecule has 2 N–H and O–H groups in total. The Balaban J connectivity index is 1.72. The van der Waals surface area contributed by atoms with Gasteiger partial charge in [0.2, 0.25) is 5.01 Å². The van der Waals surface area contributed by atoms with Crippen molar-refractivity contribution in [2.45, 2.75) is 6.18 Å². The van der Waals surface area contributed by atoms with Crippen molar-refractivity contribution in [1.82, 2.24) is 10.2 Å². The van der Waals surface area contributed by atoms with Crippen LogP contribution in [0, 0.1) is 5.82 Å². The summed E-state index contributed by atoms with van der Waals surface area (Å²) in [5.74, 6) is -3.12. The standard InChI is InChI=1S/C19H11ClF4N4O2S/c20-14(9-10-2-1-3-13(8-10)26-18(30)19(22,23)24)16-27-28-17(31-16)15(29)25-12-6-4-11(21)5-7-12/h1-9H,(H,25,29)(H,26,30)/b14-9-. The number of alkyl halides is 3. The van der Waals surface area contributed by atoms with Crippen molar-refractivity contribution in [2.75, 3.05) is 10.6 Å². The molecule has 0 spiro atoms. The maximum Gasteiger partial charge on any atom is 0.471 e. The van der Waals surface area contributed by atoms with E-state index in [4.69, 9.17) is 11.6 Å². The van der Waals surface area contributed by atoms with E-state index in [0.717, 1.165) is 11.3 Å². The Hall–Kier alpha value is -3.31. The highest BCUT2D eigenvalue weighted by Gasteiger charge is 2.38. The van der Waals surface area contributed by atoms with E-state index in [1.165, 1.54) is 48.5 Å². The molecular formula is C19H11ClF4N4O2S. The molecule has 0 aliphatic rings. The van der Waals surface area contributed by atoms with E-state index in [1.54, 1.807) is 11.4 Å². The number of nitrogens with one attached hydrogen (secondary N) is 2. The number of hydrogen-bond donors (Lipinski definition) is 2. The Morgan fingerprint density at radius 3 is 2.32 bits per heavy atom. The molecule has 0 bridgehead atoms. The predicted octanol–water partition coefficient (Wildman–Crippen LogP) is 5.17. The van der Waals surface area contributed by atoms with Crippen LogP contribution >= 0.6 is 22.9 Å². The molecule has 0 fully saturated rings. The minimum absolute atomic E-state index is 0.00272. The number of carbonyl (C=O) groups excluding carboxylic acids is 2. The second-order valence-corrected chi connectivity index (χ2v) is 7.33. The third-order valence-electron chi connectivity index (χ3n) is 3.62. The highest BCUT2D eigenvalue weighted by atomic mass is 35.5. The highest BCUT2D eigenvalue weighted by Crippen LogP contribution is 2.27. The first-order valence-electron chi connectivity index (χ1n) is 8.38. The van der Waals surface area contributed by atoms with Crippen molar-refractivity contribution in [2.24, 2.45) is 0 Å². The van der Waals surface area contributed by atoms with Crippen LogP contribution in [0.2, 0.25) is 0 Å². The molecule has 0 unspecified atom stereocenters. The SMILES string of the molecule is O=C(Nc1ccc(F)cc1)c1nnc(/C(Cl)=C/c2cccc(NC(=O)C(F)(F)F)c2)s1. The zero-order valence-corrected chi connectivity index (χ0v) is 16.8. The predicted molar refractivity (Wildman–Crippen MR) is 109 cm³/mol. The van der Waals surface area contributed by atoms with E-state index < -0.39 is 23.8 Å². The molecule has 3 rings (SSSR count). The third-order valence-corrected chi connectivity index (χ3v) is 4.98. The molecule has 0 atom stereocenters. The zero-order valence-electron chi connectivity index (χ0n) is 15.2. The van der Waals surface area contributed by atoms with Crippen LogP contribution in [0.25, 0.3) is 11.1 Å². The third kappa shape index (κ3) is 6.09. The highest BCUT2D eigenvalue weighted by molar-refractivity contribution is 7.15. The van der Waals surface area contributed by atoms with Gasteiger partial charge in [-0.2, -0.15) is 13.2 Å². The van der Waals surface area contributed by atoms with Gasteiger partial charge < -0.3 is 10.6 Å². The minimum Gasteiger partial charge on any atom is -0.320 e. The maximum atomic E-state index is 12.9. The molecule has 6 nitrogen and oxygen atoms in total. The molecule has 1 heterocycles. The van der Waals surface area contributed by atoms with Crippen LogP contribution in [0.5, 0.6) is 0 Å². The van der Waals surface area contributed by atoms with Crippen LogP contribution in [0.1, 0.15) is 20.4 Å². The first-order chi connectivity index (χ1) is 14.6. The summed E-state index contributed by atoms with van der Waals surface area (Å²) in [5.41, 5.74) is 0.678. The lowest BCUT2D eigenvalue weighted by molar-refractivity contribution is -0.167. The van der Waals surface area contributed by atoms with E-state index >= 15 is 0 Å². The second kappa shape index (κ2) is 9.23. The van der Waals surface area contributed by atoms with Gasteiger partial charge in [-0.3, -0.25) is 9.59 Å². The lowest BCUT2D eigenvalue weighted by Crippen LogP contribution is -2.29. The lowest BCUT2D eigenvalue weighted by atomic mass is 10.2. The van der Waals surface area contributed by atoms with E-state index in [-0.39, 0.29) is 20.7 Å². The van der Waals surface area contributed by atoms with Crippen molar-refractivity contribution in [1.29, 1.82) is 0 Å². The Bertz CT molecular complexity index is 1150. The van der Waals surface area contributed by atoms with Crippen LogP contribution in [-0.2, 0) is 4.79 Å². The van der Waals surface area contributed by atoms with Crippen molar-refractivity contribution in [3.63, 3.8) is 0 Å². The number of rotatable bonds is 5. The fourth-order valence-corrected chi connectivity index (χ4v) is 3.17. The van der Waals surface area contributed by atoms with Crippen molar-refractivity contribution in [3.8, 4) is 0 Å². The fraction of sp³-hybridized carbons (Fsp3) is 0.0526. The molecule has 0 aliphatic heterocycles. The summed E-state index contributed by atoms with van der Waals surface area (Å²) >= 11 is 7.08. The van der Waals surface area contributed by atoms with E-state index in [0.29, 0.717) is 11.3 Å². The number of nitrogens with zero attached hydrogens (tertiary/aromatic N) is 2. The average Bonchev–Trinajstić information content (AvgIpc) is 3.20. The van der Waals surface area contributed by atoms with Crippen molar-refractivity contribution >= 4 is 57.2 Å². The first-order valence-corrected chi connectivity index (χ1v) is 9.57. The molecule has 160 valence electrons. The normalized spacial score (nSPS) is 11.8. The second-order valence-electron chi connectivity index (χ2n) is 5.94. The fourth-order valence-electron chi connectivity index (χ4n) is 2.25. The van der Waals surface area contributed by atoms with Gasteiger partial charge >= 0.3 is 12.1 Å². The summed E-state index contributed by atoms with van der Waals surface area (Å²) in [6.45, 7) is 0. The molecule has 0 saturated heterocycles. The van der Waals surface area contributed by atoms with Gasteiger partial charge in [0.15, 0.2) is 5.01 Å². The summed E-state index contributed by atoms with van der Waals surface area (Å²) in [6, 6.07) is 10.7. The van der Waals surface area contributed by atoms with Crippen LogP contribution < -0.4 is 10.6 Å². The van der Waals surface area contributed by atoms with Gasteiger partial charge in [0, 0.05) is 11.4 Å². The first kappa shape index (κ1) is 22.4. The monoisotopic (exact) mass is 470 g/mol. The molecule has 0 aliphatic carbocycles.